The van der Waals surface area contributed by atoms with Crippen molar-refractivity contribution in [3.8, 4) is 5.75 Å². The summed E-state index contributed by atoms with van der Waals surface area (Å²) < 4.78 is 6.07. The maximum atomic E-state index is 11.3. The highest BCUT2D eigenvalue weighted by molar-refractivity contribution is 5.44. The van der Waals surface area contributed by atoms with Crippen LogP contribution >= 0.6 is 0 Å². The molecular weight excluding hydrogens is 250 g/mol. The molecule has 0 aliphatic carbocycles. The van der Waals surface area contributed by atoms with E-state index in [1.54, 1.807) is 6.20 Å². The third kappa shape index (κ3) is 2.18. The molecule has 0 fully saturated rings. The van der Waals surface area contributed by atoms with Gasteiger partial charge in [-0.3, -0.25) is 4.98 Å². The van der Waals surface area contributed by atoms with Crippen LogP contribution in [-0.4, -0.2) is 15.7 Å². The van der Waals surface area contributed by atoms with Crippen LogP contribution in [0.5, 0.6) is 5.75 Å². The van der Waals surface area contributed by atoms with Crippen LogP contribution in [0.25, 0.3) is 0 Å². The lowest BCUT2D eigenvalue weighted by Gasteiger charge is -2.27. The summed E-state index contributed by atoms with van der Waals surface area (Å²) in [4.78, 5) is 4.36. The lowest BCUT2D eigenvalue weighted by molar-refractivity contribution is 0.0505. The van der Waals surface area contributed by atoms with Gasteiger partial charge in [-0.15, -0.1) is 0 Å². The number of rotatable bonds is 1. The van der Waals surface area contributed by atoms with Crippen LogP contribution in [0.4, 0.5) is 0 Å². The normalized spacial score (nSPS) is 24.4. The molecule has 1 aliphatic heterocycles. The van der Waals surface area contributed by atoms with Gasteiger partial charge < -0.3 is 9.84 Å². The molecule has 0 radical (unpaired) electrons. The number of pyridine rings is 1. The average molecular weight is 269 g/mol. The predicted molar refractivity (Wildman–Crippen MR) is 77.6 cm³/mol. The van der Waals surface area contributed by atoms with Gasteiger partial charge in [-0.25, -0.2) is 0 Å². The number of ether oxygens (including phenoxy) is 1. The highest BCUT2D eigenvalue weighted by Gasteiger charge is 2.41. The summed E-state index contributed by atoms with van der Waals surface area (Å²) in [5.41, 5.74) is 0.0825. The lowest BCUT2D eigenvalue weighted by Crippen LogP contribution is -2.30. The molecule has 0 bridgehead atoms. The van der Waals surface area contributed by atoms with E-state index in [9.17, 15) is 5.11 Å². The predicted octanol–water partition coefficient (Wildman–Crippen LogP) is 3.27. The number of fused-ring (bicyclic) bond motifs is 1. The molecule has 3 nitrogen and oxygen atoms in total. The molecule has 2 heterocycles. The molecule has 20 heavy (non-hydrogen) atoms. The molecule has 0 spiro atoms. The molecule has 3 rings (SSSR count). The zero-order valence-electron chi connectivity index (χ0n) is 11.8. The van der Waals surface area contributed by atoms with Gasteiger partial charge in [0.2, 0.25) is 0 Å². The number of hydrogen-bond donors (Lipinski definition) is 1. The van der Waals surface area contributed by atoms with Crippen molar-refractivity contribution in [2.45, 2.75) is 37.9 Å². The van der Waals surface area contributed by atoms with E-state index in [0.29, 0.717) is 12.1 Å². The number of hydrogen-bond acceptors (Lipinski definition) is 3. The fourth-order valence-corrected chi connectivity index (χ4v) is 2.74. The van der Waals surface area contributed by atoms with Gasteiger partial charge in [0, 0.05) is 11.8 Å². The number of nitrogens with zero attached hydrogens (tertiary/aromatic N) is 1. The van der Waals surface area contributed by atoms with Crippen LogP contribution in [0.2, 0.25) is 0 Å². The minimum Gasteiger partial charge on any atom is -0.487 e. The largest absolute Gasteiger partial charge is 0.487 e. The van der Waals surface area contributed by atoms with E-state index in [2.05, 4.69) is 4.98 Å². The van der Waals surface area contributed by atoms with Gasteiger partial charge in [0.05, 0.1) is 5.69 Å². The Kier molecular flexibility index (Phi) is 3.02. The monoisotopic (exact) mass is 269 g/mol. The Morgan fingerprint density at radius 3 is 2.55 bits per heavy atom. The standard InChI is InChI=1S/C17H19NO2/c1-16(2)10-11-17(19,15-9-5-6-12-18-15)13-7-3-4-8-14(13)20-16/h3-9,12,19H,10-11H2,1-2H3. The molecule has 1 aromatic heterocycles. The first-order chi connectivity index (χ1) is 9.51. The van der Waals surface area contributed by atoms with Crippen LogP contribution in [0.15, 0.2) is 48.7 Å². The average Bonchev–Trinajstić information content (AvgIpc) is 2.56. The first-order valence-electron chi connectivity index (χ1n) is 6.94. The zero-order chi connectivity index (χ0) is 14.2. The summed E-state index contributed by atoms with van der Waals surface area (Å²) in [5, 5.41) is 11.3. The summed E-state index contributed by atoms with van der Waals surface area (Å²) in [6.45, 7) is 4.10. The topological polar surface area (TPSA) is 42.4 Å². The van der Waals surface area contributed by atoms with Crippen molar-refractivity contribution in [3.63, 3.8) is 0 Å². The Hall–Kier alpha value is -1.87. The highest BCUT2D eigenvalue weighted by atomic mass is 16.5. The van der Waals surface area contributed by atoms with Crippen molar-refractivity contribution in [1.29, 1.82) is 0 Å². The number of benzene rings is 1. The van der Waals surface area contributed by atoms with Gasteiger partial charge in [0.15, 0.2) is 0 Å². The summed E-state index contributed by atoms with van der Waals surface area (Å²) in [5.74, 6) is 0.739. The first kappa shape index (κ1) is 13.1. The second-order valence-electron chi connectivity index (χ2n) is 5.93. The number of aliphatic hydroxyl groups is 1. The van der Waals surface area contributed by atoms with Gasteiger partial charge in [-0.05, 0) is 44.9 Å². The Balaban J connectivity index is 2.17. The van der Waals surface area contributed by atoms with E-state index in [4.69, 9.17) is 4.74 Å². The van der Waals surface area contributed by atoms with Crippen LogP contribution in [0, 0.1) is 0 Å². The number of aromatic nitrogens is 1. The molecule has 0 saturated heterocycles. The Bertz CT molecular complexity index is 609. The van der Waals surface area contributed by atoms with Crippen LogP contribution < -0.4 is 4.74 Å². The van der Waals surface area contributed by atoms with E-state index >= 15 is 0 Å². The second kappa shape index (κ2) is 4.60. The highest BCUT2D eigenvalue weighted by Crippen LogP contribution is 2.43. The van der Waals surface area contributed by atoms with Crippen molar-refractivity contribution >= 4 is 0 Å². The Morgan fingerprint density at radius 1 is 1.05 bits per heavy atom. The van der Waals surface area contributed by atoms with Crippen LogP contribution in [0.1, 0.15) is 37.9 Å². The molecule has 1 N–H and O–H groups in total. The second-order valence-corrected chi connectivity index (χ2v) is 5.93. The molecule has 1 atom stereocenters. The van der Waals surface area contributed by atoms with Gasteiger partial charge >= 0.3 is 0 Å². The van der Waals surface area contributed by atoms with E-state index < -0.39 is 5.60 Å². The van der Waals surface area contributed by atoms with Crippen molar-refractivity contribution in [2.75, 3.05) is 0 Å². The van der Waals surface area contributed by atoms with Crippen molar-refractivity contribution in [2.24, 2.45) is 0 Å². The van der Waals surface area contributed by atoms with E-state index in [1.807, 2.05) is 56.3 Å². The summed E-state index contributed by atoms with van der Waals surface area (Å²) in [6, 6.07) is 13.3. The molecule has 1 aromatic carbocycles. The molecular formula is C17H19NO2. The van der Waals surface area contributed by atoms with Gasteiger partial charge in [0.25, 0.3) is 0 Å². The maximum Gasteiger partial charge on any atom is 0.135 e. The molecule has 3 heteroatoms. The van der Waals surface area contributed by atoms with Crippen LogP contribution in [0.3, 0.4) is 0 Å². The molecule has 1 aliphatic rings. The van der Waals surface area contributed by atoms with Crippen molar-refractivity contribution in [1.82, 2.24) is 4.98 Å². The van der Waals surface area contributed by atoms with E-state index in [1.165, 1.54) is 0 Å². The maximum absolute atomic E-state index is 11.3. The first-order valence-corrected chi connectivity index (χ1v) is 6.94. The third-order valence-corrected chi connectivity index (χ3v) is 3.90. The smallest absolute Gasteiger partial charge is 0.135 e. The molecule has 1 unspecified atom stereocenters. The number of para-hydroxylation sites is 1. The fraction of sp³-hybridized carbons (Fsp3) is 0.353. The summed E-state index contributed by atoms with van der Waals surface area (Å²) in [7, 11) is 0. The lowest BCUT2D eigenvalue weighted by atomic mass is 9.84. The van der Waals surface area contributed by atoms with Gasteiger partial charge in [-0.1, -0.05) is 24.3 Å². The SMILES string of the molecule is CC1(C)CCC(O)(c2ccccn2)c2ccccc2O1. The zero-order valence-corrected chi connectivity index (χ0v) is 11.8. The van der Waals surface area contributed by atoms with E-state index in [0.717, 1.165) is 17.7 Å². The molecule has 2 aromatic rings. The summed E-state index contributed by atoms with van der Waals surface area (Å²) >= 11 is 0. The molecule has 0 saturated carbocycles. The minimum absolute atomic E-state index is 0.296. The van der Waals surface area contributed by atoms with E-state index in [-0.39, 0.29) is 5.60 Å². The summed E-state index contributed by atoms with van der Waals surface area (Å²) in [6.07, 6.45) is 3.07. The Labute approximate surface area is 119 Å². The molecule has 104 valence electrons. The minimum atomic E-state index is -1.09. The fourth-order valence-electron chi connectivity index (χ4n) is 2.74. The molecule has 0 amide bonds. The van der Waals surface area contributed by atoms with Crippen LogP contribution in [-0.2, 0) is 5.60 Å². The van der Waals surface area contributed by atoms with Gasteiger partial charge in [-0.2, -0.15) is 0 Å². The van der Waals surface area contributed by atoms with Crippen molar-refractivity contribution < 1.29 is 9.84 Å². The van der Waals surface area contributed by atoms with Crippen molar-refractivity contribution in [3.05, 3.63) is 59.9 Å². The quantitative estimate of drug-likeness (QED) is 0.864. The Morgan fingerprint density at radius 2 is 1.80 bits per heavy atom. The van der Waals surface area contributed by atoms with Gasteiger partial charge in [0.1, 0.15) is 17.0 Å². The third-order valence-electron chi connectivity index (χ3n) is 3.90.